The predicted octanol–water partition coefficient (Wildman–Crippen LogP) is 12.0. The van der Waals surface area contributed by atoms with Crippen LogP contribution in [0.1, 0.15) is 116 Å². The minimum atomic E-state index is 0.183. The van der Waals surface area contributed by atoms with Crippen LogP contribution in [0.2, 0.25) is 0 Å². The molecule has 1 N–H and O–H groups in total. The Morgan fingerprint density at radius 2 is 1.13 bits per heavy atom. The van der Waals surface area contributed by atoms with Gasteiger partial charge in [-0.05, 0) is 12.7 Å². The van der Waals surface area contributed by atoms with Gasteiger partial charge in [0.2, 0.25) is 5.91 Å². The average molecular weight is 650 g/mol. The van der Waals surface area contributed by atoms with Gasteiger partial charge < -0.3 is 5.32 Å². The summed E-state index contributed by atoms with van der Waals surface area (Å²) < 4.78 is 7.08. The molecule has 0 saturated carbocycles. The third kappa shape index (κ3) is 13.0. The molecule has 38 heavy (non-hydrogen) atoms. The van der Waals surface area contributed by atoms with E-state index >= 15 is 0 Å². The number of thioether (sulfide) groups is 7. The normalized spacial score (nSPS) is 17.6. The fourth-order valence-corrected chi connectivity index (χ4v) is 14.6. The second-order valence-electron chi connectivity index (χ2n) is 10.00. The highest BCUT2D eigenvalue weighted by Gasteiger charge is 2.31. The van der Waals surface area contributed by atoms with Crippen LogP contribution in [0.5, 0.6) is 0 Å². The zero-order chi connectivity index (χ0) is 26.8. The number of hydrogen-bond donors (Lipinski definition) is 1. The SMILES string of the molecule is CCCCCCCCCCCCCCCCCCNC(=O)CC1=C(SC)SC(=C2SC3=C(SCCS3)S2)S1. The Morgan fingerprint density at radius 3 is 1.63 bits per heavy atom. The lowest BCUT2D eigenvalue weighted by Gasteiger charge is -2.08. The first-order chi connectivity index (χ1) is 18.7. The summed E-state index contributed by atoms with van der Waals surface area (Å²) >= 11 is 13.4. The molecule has 0 atom stereocenters. The lowest BCUT2D eigenvalue weighted by Crippen LogP contribution is -2.24. The molecule has 9 heteroatoms. The molecule has 0 unspecified atom stereocenters. The van der Waals surface area contributed by atoms with Crippen molar-refractivity contribution < 1.29 is 4.79 Å². The number of unbranched alkanes of at least 4 members (excludes halogenated alkanes) is 15. The lowest BCUT2D eigenvalue weighted by molar-refractivity contribution is -0.120. The van der Waals surface area contributed by atoms with E-state index in [1.807, 2.05) is 70.6 Å². The maximum absolute atomic E-state index is 12.6. The molecule has 0 radical (unpaired) electrons. The summed E-state index contributed by atoms with van der Waals surface area (Å²) in [4.78, 5) is 13.9. The van der Waals surface area contributed by atoms with Gasteiger partial charge in [-0.2, -0.15) is 0 Å². The molecule has 0 aliphatic carbocycles. The smallest absolute Gasteiger partial charge is 0.225 e. The van der Waals surface area contributed by atoms with Gasteiger partial charge in [0.15, 0.2) is 0 Å². The molecular weight excluding hydrogens is 603 g/mol. The van der Waals surface area contributed by atoms with E-state index in [-0.39, 0.29) is 5.91 Å². The van der Waals surface area contributed by atoms with Crippen molar-refractivity contribution in [2.75, 3.05) is 24.3 Å². The molecule has 0 fully saturated rings. The highest BCUT2D eigenvalue weighted by molar-refractivity contribution is 8.43. The maximum Gasteiger partial charge on any atom is 0.225 e. The number of rotatable bonds is 20. The lowest BCUT2D eigenvalue weighted by atomic mass is 10.0. The van der Waals surface area contributed by atoms with Crippen molar-refractivity contribution in [3.05, 3.63) is 26.1 Å². The molecule has 0 aromatic heterocycles. The topological polar surface area (TPSA) is 29.1 Å². The molecule has 1 amide bonds. The van der Waals surface area contributed by atoms with Crippen LogP contribution in [-0.4, -0.2) is 30.2 Å². The van der Waals surface area contributed by atoms with E-state index in [0.29, 0.717) is 6.42 Å². The van der Waals surface area contributed by atoms with Crippen molar-refractivity contribution >= 4 is 88.2 Å². The molecule has 2 nitrogen and oxygen atoms in total. The summed E-state index contributed by atoms with van der Waals surface area (Å²) in [6.07, 6.45) is 24.7. The minimum absolute atomic E-state index is 0.183. The second kappa shape index (κ2) is 20.9. The number of hydrogen-bond acceptors (Lipinski definition) is 8. The molecule has 0 spiro atoms. The Bertz CT molecular complexity index is 804. The zero-order valence-electron chi connectivity index (χ0n) is 23.4. The monoisotopic (exact) mass is 649 g/mol. The molecule has 3 aliphatic heterocycles. The van der Waals surface area contributed by atoms with Crippen LogP contribution >= 0.6 is 82.3 Å². The number of carbonyl (C=O) groups is 1. The van der Waals surface area contributed by atoms with Crippen molar-refractivity contribution in [3.63, 3.8) is 0 Å². The Balaban J connectivity index is 1.15. The van der Waals surface area contributed by atoms with Gasteiger partial charge >= 0.3 is 0 Å². The van der Waals surface area contributed by atoms with E-state index in [1.54, 1.807) is 11.8 Å². The van der Waals surface area contributed by atoms with Crippen LogP contribution < -0.4 is 5.32 Å². The first kappa shape index (κ1) is 33.6. The van der Waals surface area contributed by atoms with Gasteiger partial charge in [0, 0.05) is 23.0 Å². The molecular formula is C29H47NOS7. The van der Waals surface area contributed by atoms with Gasteiger partial charge in [0.05, 0.1) is 27.6 Å². The molecule has 0 saturated heterocycles. The van der Waals surface area contributed by atoms with Crippen LogP contribution in [0.4, 0.5) is 0 Å². The van der Waals surface area contributed by atoms with Crippen molar-refractivity contribution in [2.24, 2.45) is 0 Å². The van der Waals surface area contributed by atoms with Gasteiger partial charge in [0.25, 0.3) is 0 Å². The fourth-order valence-electron chi connectivity index (χ4n) is 4.57. The first-order valence-corrected chi connectivity index (χ1v) is 21.2. The van der Waals surface area contributed by atoms with Gasteiger partial charge in [0.1, 0.15) is 0 Å². The molecule has 216 valence electrons. The van der Waals surface area contributed by atoms with Crippen molar-refractivity contribution in [1.29, 1.82) is 0 Å². The Kier molecular flexibility index (Phi) is 18.5. The number of nitrogens with one attached hydrogen (secondary N) is 1. The summed E-state index contributed by atoms with van der Waals surface area (Å²) in [5, 5.41) is 3.18. The highest BCUT2D eigenvalue weighted by Crippen LogP contribution is 2.65. The third-order valence-electron chi connectivity index (χ3n) is 6.74. The van der Waals surface area contributed by atoms with Gasteiger partial charge in [-0.25, -0.2) is 0 Å². The van der Waals surface area contributed by atoms with E-state index in [2.05, 4.69) is 18.5 Å². The number of amides is 1. The van der Waals surface area contributed by atoms with E-state index in [1.165, 1.54) is 134 Å². The summed E-state index contributed by atoms with van der Waals surface area (Å²) in [5.41, 5.74) is 0. The third-order valence-corrected chi connectivity index (χ3v) is 17.0. The van der Waals surface area contributed by atoms with Crippen LogP contribution in [0.15, 0.2) is 26.1 Å². The van der Waals surface area contributed by atoms with E-state index in [0.717, 1.165) is 13.0 Å². The van der Waals surface area contributed by atoms with E-state index < -0.39 is 0 Å². The Labute approximate surface area is 262 Å². The van der Waals surface area contributed by atoms with Crippen molar-refractivity contribution in [3.8, 4) is 0 Å². The maximum atomic E-state index is 12.6. The van der Waals surface area contributed by atoms with E-state index in [4.69, 9.17) is 0 Å². The quantitative estimate of drug-likeness (QED) is 0.130. The fraction of sp³-hybridized carbons (Fsp3) is 0.759. The highest BCUT2D eigenvalue weighted by atomic mass is 32.3. The molecule has 0 bridgehead atoms. The second-order valence-corrected chi connectivity index (χ2v) is 18.5. The molecule has 3 heterocycles. The zero-order valence-corrected chi connectivity index (χ0v) is 29.1. The van der Waals surface area contributed by atoms with Gasteiger partial charge in [-0.3, -0.25) is 4.79 Å². The van der Waals surface area contributed by atoms with Crippen molar-refractivity contribution in [1.82, 2.24) is 5.32 Å². The molecule has 0 aromatic carbocycles. The molecule has 3 aliphatic rings. The minimum Gasteiger partial charge on any atom is -0.356 e. The van der Waals surface area contributed by atoms with Crippen molar-refractivity contribution in [2.45, 2.75) is 116 Å². The van der Waals surface area contributed by atoms with Crippen LogP contribution in [0, 0.1) is 0 Å². The molecule has 0 aromatic rings. The summed E-state index contributed by atoms with van der Waals surface area (Å²) in [7, 11) is 0. The van der Waals surface area contributed by atoms with E-state index in [9.17, 15) is 4.79 Å². The summed E-state index contributed by atoms with van der Waals surface area (Å²) in [6, 6.07) is 0. The number of carbonyl (C=O) groups excluding carboxylic acids is 1. The predicted molar refractivity (Wildman–Crippen MR) is 187 cm³/mol. The average Bonchev–Trinajstić information content (AvgIpc) is 3.54. The Morgan fingerprint density at radius 1 is 0.658 bits per heavy atom. The van der Waals surface area contributed by atoms with Crippen LogP contribution in [-0.2, 0) is 4.79 Å². The first-order valence-electron chi connectivity index (χ1n) is 14.7. The van der Waals surface area contributed by atoms with Gasteiger partial charge in [-0.1, -0.05) is 150 Å². The summed E-state index contributed by atoms with van der Waals surface area (Å²) in [6.45, 7) is 3.11. The largest absolute Gasteiger partial charge is 0.356 e. The standard InChI is InChI=1S/C29H47NOS7/c1-3-4-5-6-7-8-9-10-11-12-13-14-15-16-17-18-19-30-24(31)22-23-25(32-2)36-28(35-23)29-37-26-27(38-29)34-21-20-33-26/h3-22H2,1-2H3,(H,30,31). The van der Waals surface area contributed by atoms with Crippen LogP contribution in [0.3, 0.4) is 0 Å². The van der Waals surface area contributed by atoms with Crippen LogP contribution in [0.25, 0.3) is 0 Å². The molecule has 3 rings (SSSR count). The summed E-state index contributed by atoms with van der Waals surface area (Å²) in [5.74, 6) is 2.63. The van der Waals surface area contributed by atoms with Gasteiger partial charge in [-0.15, -0.1) is 35.3 Å². The Hall–Kier alpha value is 1.14.